The van der Waals surface area contributed by atoms with Gasteiger partial charge in [0.1, 0.15) is 0 Å². The average molecular weight is 518 g/mol. The van der Waals surface area contributed by atoms with Crippen molar-refractivity contribution in [2.45, 2.75) is 105 Å². The van der Waals surface area contributed by atoms with Gasteiger partial charge in [-0.05, 0) is 93.5 Å². The van der Waals surface area contributed by atoms with Crippen LogP contribution >= 0.6 is 0 Å². The average Bonchev–Trinajstić information content (AvgIpc) is 3.03. The van der Waals surface area contributed by atoms with E-state index in [9.17, 15) is 9.59 Å². The Labute approximate surface area is 214 Å². The SMILES string of the molecule is CCOC(=O)C=C1C=C2N([Si](C)(C)C)C(=O)CC[C@]2(C)[C@@H]2CC[C@]3(C)C(O[Si](C)(C)C)CC[C@H]3[C@H]12. The van der Waals surface area contributed by atoms with Crippen LogP contribution in [0.4, 0.5) is 0 Å². The lowest BCUT2D eigenvalue weighted by molar-refractivity contribution is -0.137. The van der Waals surface area contributed by atoms with E-state index in [1.165, 1.54) is 5.70 Å². The number of amides is 1. The Bertz CT molecular complexity index is 946. The molecule has 0 N–H and O–H groups in total. The molecule has 3 fully saturated rings. The molecule has 0 aromatic heterocycles. The number of fused-ring (bicyclic) bond motifs is 5. The van der Waals surface area contributed by atoms with Crippen molar-refractivity contribution in [1.82, 2.24) is 4.57 Å². The second kappa shape index (κ2) is 8.98. The first kappa shape index (κ1) is 26.9. The summed E-state index contributed by atoms with van der Waals surface area (Å²) in [5.74, 6) is 1.21. The van der Waals surface area contributed by atoms with E-state index in [0.717, 1.165) is 37.7 Å². The van der Waals surface area contributed by atoms with E-state index in [0.29, 0.717) is 36.9 Å². The van der Waals surface area contributed by atoms with Crippen LogP contribution in [0.1, 0.15) is 59.3 Å². The fourth-order valence-electron chi connectivity index (χ4n) is 7.94. The molecule has 0 bridgehead atoms. The molecule has 4 rings (SSSR count). The number of allylic oxidation sites excluding steroid dienone is 3. The number of rotatable bonds is 5. The van der Waals surface area contributed by atoms with E-state index in [4.69, 9.17) is 9.16 Å². The number of nitrogens with zero attached hydrogens (tertiary/aromatic N) is 1. The lowest BCUT2D eigenvalue weighted by Crippen LogP contribution is -2.60. The smallest absolute Gasteiger partial charge is 0.331 e. The monoisotopic (exact) mass is 517 g/mol. The summed E-state index contributed by atoms with van der Waals surface area (Å²) in [6, 6.07) is 0. The van der Waals surface area contributed by atoms with Crippen molar-refractivity contribution >= 4 is 28.4 Å². The molecule has 1 saturated heterocycles. The molecule has 35 heavy (non-hydrogen) atoms. The highest BCUT2D eigenvalue weighted by molar-refractivity contribution is 6.76. The molecule has 1 amide bonds. The van der Waals surface area contributed by atoms with Gasteiger partial charge >= 0.3 is 5.97 Å². The molecular weight excluding hydrogens is 470 g/mol. The maximum Gasteiger partial charge on any atom is 0.331 e. The van der Waals surface area contributed by atoms with Gasteiger partial charge in [0, 0.05) is 23.6 Å². The van der Waals surface area contributed by atoms with Crippen molar-refractivity contribution in [2.75, 3.05) is 6.61 Å². The zero-order valence-electron chi connectivity index (χ0n) is 23.5. The fraction of sp³-hybridized carbons (Fsp3) is 0.786. The van der Waals surface area contributed by atoms with Gasteiger partial charge in [0.25, 0.3) is 0 Å². The Balaban J connectivity index is 1.83. The van der Waals surface area contributed by atoms with Gasteiger partial charge in [0.15, 0.2) is 16.6 Å². The van der Waals surface area contributed by atoms with Gasteiger partial charge < -0.3 is 13.7 Å². The summed E-state index contributed by atoms with van der Waals surface area (Å²) in [7, 11) is -3.60. The third-order valence-electron chi connectivity index (χ3n) is 9.36. The van der Waals surface area contributed by atoms with Crippen molar-refractivity contribution in [3.05, 3.63) is 23.4 Å². The first-order valence-corrected chi connectivity index (χ1v) is 20.6. The summed E-state index contributed by atoms with van der Waals surface area (Å²) < 4.78 is 14.3. The van der Waals surface area contributed by atoms with Gasteiger partial charge in [-0.3, -0.25) is 4.79 Å². The topological polar surface area (TPSA) is 55.8 Å². The standard InChI is InChI=1S/C28H47NO4Si2/c1-10-32-25(31)18-19-17-22-27(2,16-14-24(30)29(22)34(4,5)6)21-13-15-28(3)20(26(19)21)11-12-23(28)33-35(7,8)9/h17-18,20-21,23,26H,10-16H2,1-9H3/t20-,21+,23?,26-,27+,28-/m0/s1. The first-order chi connectivity index (χ1) is 16.1. The maximum atomic E-state index is 13.2. The second-order valence-electron chi connectivity index (χ2n) is 13.8. The van der Waals surface area contributed by atoms with Crippen LogP contribution in [0.2, 0.25) is 39.3 Å². The molecule has 4 aliphatic rings. The third kappa shape index (κ3) is 4.65. The highest BCUT2D eigenvalue weighted by atomic mass is 28.4. The van der Waals surface area contributed by atoms with Gasteiger partial charge in [-0.15, -0.1) is 0 Å². The fourth-order valence-corrected chi connectivity index (χ4v) is 11.1. The van der Waals surface area contributed by atoms with E-state index in [1.54, 1.807) is 6.08 Å². The zero-order valence-corrected chi connectivity index (χ0v) is 25.5. The molecule has 2 saturated carbocycles. The molecule has 3 aliphatic carbocycles. The Morgan fingerprint density at radius 2 is 1.77 bits per heavy atom. The minimum Gasteiger partial charge on any atom is -0.463 e. The molecule has 1 aliphatic heterocycles. The number of esters is 1. The van der Waals surface area contributed by atoms with Crippen LogP contribution in [-0.4, -0.2) is 45.7 Å². The van der Waals surface area contributed by atoms with Gasteiger partial charge in [0.05, 0.1) is 12.7 Å². The molecule has 1 heterocycles. The Hall–Kier alpha value is -1.19. The normalized spacial score (nSPS) is 38.5. The van der Waals surface area contributed by atoms with E-state index >= 15 is 0 Å². The van der Waals surface area contributed by atoms with Crippen LogP contribution in [0.25, 0.3) is 0 Å². The molecule has 1 unspecified atom stereocenters. The van der Waals surface area contributed by atoms with E-state index in [1.807, 2.05) is 6.92 Å². The Morgan fingerprint density at radius 1 is 1.09 bits per heavy atom. The van der Waals surface area contributed by atoms with Crippen molar-refractivity contribution in [3.8, 4) is 0 Å². The third-order valence-corrected chi connectivity index (χ3v) is 12.2. The van der Waals surface area contributed by atoms with Crippen molar-refractivity contribution < 1.29 is 18.8 Å². The predicted molar refractivity (Wildman–Crippen MR) is 146 cm³/mol. The largest absolute Gasteiger partial charge is 0.463 e. The molecule has 7 heteroatoms. The van der Waals surface area contributed by atoms with Crippen molar-refractivity contribution in [3.63, 3.8) is 0 Å². The minimum atomic E-state index is -1.94. The van der Waals surface area contributed by atoms with E-state index in [-0.39, 0.29) is 22.7 Å². The molecule has 196 valence electrons. The molecular formula is C28H47NO4Si2. The summed E-state index contributed by atoms with van der Waals surface area (Å²) in [6.07, 6.45) is 10.4. The first-order valence-electron chi connectivity index (χ1n) is 13.7. The number of carbonyl (C=O) groups excluding carboxylic acids is 2. The Morgan fingerprint density at radius 3 is 2.37 bits per heavy atom. The zero-order chi connectivity index (χ0) is 26.0. The summed E-state index contributed by atoms with van der Waals surface area (Å²) in [5, 5.41) is 0. The van der Waals surface area contributed by atoms with Crippen LogP contribution in [0.3, 0.4) is 0 Å². The number of ether oxygens (including phenoxy) is 1. The summed E-state index contributed by atoms with van der Waals surface area (Å²) in [6.45, 7) is 20.7. The van der Waals surface area contributed by atoms with Crippen LogP contribution in [0.15, 0.2) is 23.4 Å². The molecule has 0 spiro atoms. The highest BCUT2D eigenvalue weighted by Crippen LogP contribution is 2.66. The number of hydrogen-bond donors (Lipinski definition) is 0. The summed E-state index contributed by atoms with van der Waals surface area (Å²) in [5.41, 5.74) is 2.34. The second-order valence-corrected chi connectivity index (χ2v) is 23.1. The summed E-state index contributed by atoms with van der Waals surface area (Å²) >= 11 is 0. The van der Waals surface area contributed by atoms with Crippen molar-refractivity contribution in [2.24, 2.45) is 28.6 Å². The quantitative estimate of drug-likeness (QED) is 0.237. The molecule has 0 radical (unpaired) electrons. The van der Waals surface area contributed by atoms with Gasteiger partial charge in [0.2, 0.25) is 5.91 Å². The van der Waals surface area contributed by atoms with Crippen LogP contribution in [-0.2, 0) is 18.8 Å². The molecule has 6 atom stereocenters. The number of piperidine rings is 1. The number of hydrogen-bond acceptors (Lipinski definition) is 4. The van der Waals surface area contributed by atoms with Crippen LogP contribution in [0.5, 0.6) is 0 Å². The van der Waals surface area contributed by atoms with E-state index < -0.39 is 16.6 Å². The van der Waals surface area contributed by atoms with Gasteiger partial charge in [-0.2, -0.15) is 0 Å². The van der Waals surface area contributed by atoms with E-state index in [2.05, 4.69) is 63.8 Å². The van der Waals surface area contributed by atoms with Crippen LogP contribution < -0.4 is 0 Å². The summed E-state index contributed by atoms with van der Waals surface area (Å²) in [4.78, 5) is 26.0. The van der Waals surface area contributed by atoms with Gasteiger partial charge in [-0.25, -0.2) is 4.79 Å². The predicted octanol–water partition coefficient (Wildman–Crippen LogP) is 6.50. The lowest BCUT2D eigenvalue weighted by Gasteiger charge is -2.60. The minimum absolute atomic E-state index is 0.0378. The molecule has 0 aromatic carbocycles. The van der Waals surface area contributed by atoms with Gasteiger partial charge in [-0.1, -0.05) is 33.5 Å². The molecule has 5 nitrogen and oxygen atoms in total. The van der Waals surface area contributed by atoms with Crippen molar-refractivity contribution in [1.29, 1.82) is 0 Å². The van der Waals surface area contributed by atoms with Crippen LogP contribution in [0, 0.1) is 28.6 Å². The Kier molecular flexibility index (Phi) is 6.89. The molecule has 0 aromatic rings. The highest BCUT2D eigenvalue weighted by Gasteiger charge is 2.62. The lowest BCUT2D eigenvalue weighted by atomic mass is 9.48. The maximum absolute atomic E-state index is 13.2. The number of carbonyl (C=O) groups is 2.